The number of sulfonamides is 1. The molecular formula is C23H30FN3O3S. The molecule has 0 unspecified atom stereocenters. The number of piperazine rings is 1. The van der Waals surface area contributed by atoms with Gasteiger partial charge >= 0.3 is 0 Å². The van der Waals surface area contributed by atoms with Crippen molar-refractivity contribution in [1.82, 2.24) is 14.5 Å². The summed E-state index contributed by atoms with van der Waals surface area (Å²) in [6.07, 6.45) is 2.59. The van der Waals surface area contributed by atoms with Gasteiger partial charge in [-0.3, -0.25) is 9.69 Å². The van der Waals surface area contributed by atoms with Gasteiger partial charge in [0.2, 0.25) is 15.9 Å². The van der Waals surface area contributed by atoms with E-state index in [4.69, 9.17) is 0 Å². The molecule has 3 rings (SSSR count). The number of hydrogen-bond acceptors (Lipinski definition) is 4. The Balaban J connectivity index is 1.43. The first-order chi connectivity index (χ1) is 14.9. The maximum atomic E-state index is 12.9. The van der Waals surface area contributed by atoms with Gasteiger partial charge in [-0.1, -0.05) is 37.6 Å². The van der Waals surface area contributed by atoms with Crippen LogP contribution in [-0.2, 0) is 27.7 Å². The molecule has 1 fully saturated rings. The zero-order chi connectivity index (χ0) is 22.3. The zero-order valence-electron chi connectivity index (χ0n) is 17.9. The van der Waals surface area contributed by atoms with Crippen LogP contribution in [0.25, 0.3) is 0 Å². The second-order valence-electron chi connectivity index (χ2n) is 7.80. The molecule has 0 bridgehead atoms. The summed E-state index contributed by atoms with van der Waals surface area (Å²) in [5, 5.41) is 2.87. The van der Waals surface area contributed by atoms with Gasteiger partial charge in [-0.25, -0.2) is 12.8 Å². The molecule has 168 valence electrons. The van der Waals surface area contributed by atoms with E-state index in [0.29, 0.717) is 44.0 Å². The van der Waals surface area contributed by atoms with Crippen LogP contribution in [0.5, 0.6) is 0 Å². The number of carbonyl (C=O) groups is 1. The molecule has 0 aliphatic carbocycles. The van der Waals surface area contributed by atoms with Gasteiger partial charge in [-0.2, -0.15) is 4.31 Å². The fourth-order valence-corrected chi connectivity index (χ4v) is 5.07. The molecule has 1 saturated heterocycles. The van der Waals surface area contributed by atoms with Gasteiger partial charge in [0.15, 0.2) is 0 Å². The molecule has 0 spiro atoms. The fraction of sp³-hybridized carbons (Fsp3) is 0.435. The summed E-state index contributed by atoms with van der Waals surface area (Å²) in [5.74, 6) is -0.368. The highest BCUT2D eigenvalue weighted by atomic mass is 32.2. The number of nitrogens with zero attached hydrogens (tertiary/aromatic N) is 2. The molecule has 6 nitrogen and oxygen atoms in total. The van der Waals surface area contributed by atoms with Crippen LogP contribution in [-0.4, -0.2) is 62.8 Å². The molecular weight excluding hydrogens is 417 g/mol. The summed E-state index contributed by atoms with van der Waals surface area (Å²) >= 11 is 0. The maximum Gasteiger partial charge on any atom is 0.243 e. The number of amides is 1. The van der Waals surface area contributed by atoms with E-state index in [1.54, 1.807) is 24.3 Å². The van der Waals surface area contributed by atoms with Crippen LogP contribution in [0.15, 0.2) is 53.4 Å². The third kappa shape index (κ3) is 6.59. The third-order valence-electron chi connectivity index (χ3n) is 5.45. The van der Waals surface area contributed by atoms with Crippen LogP contribution in [0, 0.1) is 5.82 Å². The first-order valence-electron chi connectivity index (χ1n) is 10.7. The van der Waals surface area contributed by atoms with E-state index in [9.17, 15) is 17.6 Å². The molecule has 1 amide bonds. The van der Waals surface area contributed by atoms with E-state index in [-0.39, 0.29) is 18.3 Å². The minimum Gasteiger partial charge on any atom is -0.355 e. The minimum absolute atomic E-state index is 0.0927. The summed E-state index contributed by atoms with van der Waals surface area (Å²) < 4.78 is 40.2. The van der Waals surface area contributed by atoms with Crippen molar-refractivity contribution >= 4 is 15.9 Å². The average Bonchev–Trinajstić information content (AvgIpc) is 2.76. The monoisotopic (exact) mass is 447 g/mol. The molecule has 1 heterocycles. The Morgan fingerprint density at radius 2 is 1.52 bits per heavy atom. The summed E-state index contributed by atoms with van der Waals surface area (Å²) in [7, 11) is -3.51. The second-order valence-corrected chi connectivity index (χ2v) is 9.74. The highest BCUT2D eigenvalue weighted by molar-refractivity contribution is 7.89. The first kappa shape index (κ1) is 23.4. The highest BCUT2D eigenvalue weighted by Gasteiger charge is 2.28. The molecule has 31 heavy (non-hydrogen) atoms. The Labute approximate surface area is 184 Å². The lowest BCUT2D eigenvalue weighted by molar-refractivity contribution is -0.122. The maximum absolute atomic E-state index is 12.9. The molecule has 8 heteroatoms. The summed E-state index contributed by atoms with van der Waals surface area (Å²) in [6, 6.07) is 13.3. The van der Waals surface area contributed by atoms with Gasteiger partial charge in [0.05, 0.1) is 11.4 Å². The van der Waals surface area contributed by atoms with Crippen LogP contribution in [0.1, 0.15) is 24.5 Å². The van der Waals surface area contributed by atoms with Crippen molar-refractivity contribution in [3.63, 3.8) is 0 Å². The summed E-state index contributed by atoms with van der Waals surface area (Å²) in [6.45, 7) is 4.56. The Bertz CT molecular complexity index is 955. The van der Waals surface area contributed by atoms with Crippen molar-refractivity contribution in [3.05, 3.63) is 65.5 Å². The van der Waals surface area contributed by atoms with E-state index in [2.05, 4.69) is 12.2 Å². The average molecular weight is 448 g/mol. The number of nitrogens with one attached hydrogen (secondary N) is 1. The highest BCUT2D eigenvalue weighted by Crippen LogP contribution is 2.18. The predicted molar refractivity (Wildman–Crippen MR) is 119 cm³/mol. The van der Waals surface area contributed by atoms with Crippen molar-refractivity contribution in [2.45, 2.75) is 31.1 Å². The lowest BCUT2D eigenvalue weighted by Crippen LogP contribution is -2.51. The van der Waals surface area contributed by atoms with Crippen molar-refractivity contribution in [2.75, 3.05) is 39.3 Å². The quantitative estimate of drug-likeness (QED) is 0.641. The second kappa shape index (κ2) is 10.8. The normalized spacial score (nSPS) is 15.7. The molecule has 0 atom stereocenters. The number of rotatable bonds is 9. The lowest BCUT2D eigenvalue weighted by Gasteiger charge is -2.33. The van der Waals surface area contributed by atoms with Crippen LogP contribution >= 0.6 is 0 Å². The lowest BCUT2D eigenvalue weighted by atomic mass is 10.1. The van der Waals surface area contributed by atoms with Crippen LogP contribution in [0.3, 0.4) is 0 Å². The Morgan fingerprint density at radius 1 is 0.935 bits per heavy atom. The van der Waals surface area contributed by atoms with Gasteiger partial charge in [0, 0.05) is 32.7 Å². The molecule has 1 aliphatic rings. The van der Waals surface area contributed by atoms with Crippen LogP contribution in [0.2, 0.25) is 0 Å². The number of hydrogen-bond donors (Lipinski definition) is 1. The fourth-order valence-electron chi connectivity index (χ4n) is 3.65. The van der Waals surface area contributed by atoms with E-state index >= 15 is 0 Å². The van der Waals surface area contributed by atoms with Gasteiger partial charge in [-0.15, -0.1) is 0 Å². The summed E-state index contributed by atoms with van der Waals surface area (Å²) in [5.41, 5.74) is 2.10. The van der Waals surface area contributed by atoms with E-state index in [1.807, 2.05) is 17.0 Å². The van der Waals surface area contributed by atoms with Gasteiger partial charge in [-0.05, 0) is 48.2 Å². The third-order valence-corrected chi connectivity index (χ3v) is 7.36. The minimum atomic E-state index is -3.51. The standard InChI is InChI=1S/C23H30FN3O3S/c1-2-3-19-6-10-22(11-7-19)31(29,30)27-16-14-26(15-17-27)18-23(28)25-13-12-20-4-8-21(24)9-5-20/h4-11H,2-3,12-18H2,1H3,(H,25,28). The predicted octanol–water partition coefficient (Wildman–Crippen LogP) is 2.44. The molecule has 2 aromatic rings. The van der Waals surface area contributed by atoms with Gasteiger partial charge in [0.1, 0.15) is 5.82 Å². The first-order valence-corrected chi connectivity index (χ1v) is 12.1. The van der Waals surface area contributed by atoms with Crippen molar-refractivity contribution in [2.24, 2.45) is 0 Å². The molecule has 0 aromatic heterocycles. The summed E-state index contributed by atoms with van der Waals surface area (Å²) in [4.78, 5) is 14.5. The molecule has 2 aromatic carbocycles. The number of carbonyl (C=O) groups excluding carboxylic acids is 1. The Morgan fingerprint density at radius 3 is 2.13 bits per heavy atom. The van der Waals surface area contributed by atoms with Crippen LogP contribution in [0.4, 0.5) is 4.39 Å². The molecule has 1 N–H and O–H groups in total. The van der Waals surface area contributed by atoms with E-state index < -0.39 is 10.0 Å². The van der Waals surface area contributed by atoms with Gasteiger partial charge < -0.3 is 5.32 Å². The number of benzene rings is 2. The Kier molecular flexibility index (Phi) is 8.17. The largest absolute Gasteiger partial charge is 0.355 e. The number of halogens is 1. The van der Waals surface area contributed by atoms with E-state index in [1.165, 1.54) is 16.4 Å². The number of aryl methyl sites for hydroxylation is 1. The van der Waals surface area contributed by atoms with Crippen molar-refractivity contribution < 1.29 is 17.6 Å². The van der Waals surface area contributed by atoms with E-state index in [0.717, 1.165) is 24.0 Å². The van der Waals surface area contributed by atoms with Crippen molar-refractivity contribution in [1.29, 1.82) is 0 Å². The smallest absolute Gasteiger partial charge is 0.243 e. The van der Waals surface area contributed by atoms with Crippen LogP contribution < -0.4 is 5.32 Å². The Hall–Kier alpha value is -2.29. The molecule has 0 radical (unpaired) electrons. The van der Waals surface area contributed by atoms with Gasteiger partial charge in [0.25, 0.3) is 0 Å². The van der Waals surface area contributed by atoms with Crippen molar-refractivity contribution in [3.8, 4) is 0 Å². The SMILES string of the molecule is CCCc1ccc(S(=O)(=O)N2CCN(CC(=O)NCCc3ccc(F)cc3)CC2)cc1. The molecule has 0 saturated carbocycles. The zero-order valence-corrected chi connectivity index (χ0v) is 18.7. The molecule has 1 aliphatic heterocycles. The topological polar surface area (TPSA) is 69.7 Å².